The number of hydrogen-bond acceptors (Lipinski definition) is 1. The average molecular weight is 173 g/mol. The van der Waals surface area contributed by atoms with E-state index in [0.717, 1.165) is 6.54 Å². The first-order chi connectivity index (χ1) is 6.27. The molecule has 0 saturated heterocycles. The van der Waals surface area contributed by atoms with Gasteiger partial charge in [-0.25, -0.2) is 0 Å². The van der Waals surface area contributed by atoms with Gasteiger partial charge in [0.2, 0.25) is 0 Å². The second kappa shape index (κ2) is 3.25. The van der Waals surface area contributed by atoms with E-state index < -0.39 is 0 Å². The molecule has 1 heterocycles. The largest absolute Gasteiger partial charge is 0.374 e. The van der Waals surface area contributed by atoms with E-state index in [9.17, 15) is 0 Å². The van der Waals surface area contributed by atoms with Crippen molar-refractivity contribution in [2.45, 2.75) is 13.3 Å². The standard InChI is InChI=1S/C12H15N/c1-10-5-3-6-11(9-10)12-7-4-8-13(12)2/h3,5-7,9H,4,8H2,1-2H3. The highest BCUT2D eigenvalue weighted by Crippen LogP contribution is 2.23. The third-order valence-corrected chi connectivity index (χ3v) is 2.53. The summed E-state index contributed by atoms with van der Waals surface area (Å²) in [5.74, 6) is 0. The zero-order chi connectivity index (χ0) is 9.26. The van der Waals surface area contributed by atoms with Crippen molar-refractivity contribution in [3.05, 3.63) is 41.5 Å². The van der Waals surface area contributed by atoms with Crippen molar-refractivity contribution in [2.75, 3.05) is 13.6 Å². The van der Waals surface area contributed by atoms with E-state index in [-0.39, 0.29) is 0 Å². The van der Waals surface area contributed by atoms with Gasteiger partial charge in [-0.3, -0.25) is 0 Å². The van der Waals surface area contributed by atoms with Crippen molar-refractivity contribution >= 4 is 5.70 Å². The van der Waals surface area contributed by atoms with Crippen molar-refractivity contribution in [3.8, 4) is 0 Å². The smallest absolute Gasteiger partial charge is 0.0397 e. The van der Waals surface area contributed by atoms with Crippen molar-refractivity contribution in [1.29, 1.82) is 0 Å². The zero-order valence-corrected chi connectivity index (χ0v) is 8.25. The molecule has 1 aliphatic heterocycles. The summed E-state index contributed by atoms with van der Waals surface area (Å²) in [7, 11) is 2.15. The zero-order valence-electron chi connectivity index (χ0n) is 8.25. The van der Waals surface area contributed by atoms with Gasteiger partial charge in [-0.1, -0.05) is 29.8 Å². The molecule has 0 atom stereocenters. The van der Waals surface area contributed by atoms with Gasteiger partial charge in [-0.05, 0) is 25.0 Å². The van der Waals surface area contributed by atoms with Crippen LogP contribution in [0.1, 0.15) is 17.5 Å². The normalized spacial score (nSPS) is 16.2. The number of rotatable bonds is 1. The molecular formula is C12H15N. The molecule has 1 heteroatoms. The summed E-state index contributed by atoms with van der Waals surface area (Å²) >= 11 is 0. The lowest BCUT2D eigenvalue weighted by molar-refractivity contribution is 0.517. The van der Waals surface area contributed by atoms with Crippen LogP contribution in [0.3, 0.4) is 0 Å². The van der Waals surface area contributed by atoms with Crippen LogP contribution in [0.5, 0.6) is 0 Å². The predicted molar refractivity (Wildman–Crippen MR) is 56.4 cm³/mol. The Hall–Kier alpha value is -1.24. The molecule has 2 rings (SSSR count). The highest BCUT2D eigenvalue weighted by atomic mass is 15.1. The summed E-state index contributed by atoms with van der Waals surface area (Å²) in [5, 5.41) is 0. The molecule has 13 heavy (non-hydrogen) atoms. The molecule has 0 unspecified atom stereocenters. The van der Waals surface area contributed by atoms with Crippen LogP contribution < -0.4 is 0 Å². The monoisotopic (exact) mass is 173 g/mol. The molecule has 1 aromatic rings. The van der Waals surface area contributed by atoms with Crippen LogP contribution in [0.15, 0.2) is 30.3 Å². The quantitative estimate of drug-likeness (QED) is 0.631. The van der Waals surface area contributed by atoms with Gasteiger partial charge < -0.3 is 4.90 Å². The van der Waals surface area contributed by atoms with E-state index in [1.165, 1.54) is 23.2 Å². The Morgan fingerprint density at radius 2 is 2.15 bits per heavy atom. The number of nitrogens with zero attached hydrogens (tertiary/aromatic N) is 1. The fourth-order valence-corrected chi connectivity index (χ4v) is 1.81. The molecule has 1 aliphatic rings. The van der Waals surface area contributed by atoms with Crippen LogP contribution in [0.4, 0.5) is 0 Å². The summed E-state index contributed by atoms with van der Waals surface area (Å²) in [4.78, 5) is 2.31. The Morgan fingerprint density at radius 3 is 2.77 bits per heavy atom. The van der Waals surface area contributed by atoms with E-state index in [2.05, 4.69) is 49.2 Å². The summed E-state index contributed by atoms with van der Waals surface area (Å²) in [6.07, 6.45) is 3.49. The Labute approximate surface area is 79.7 Å². The topological polar surface area (TPSA) is 3.24 Å². The van der Waals surface area contributed by atoms with Crippen LogP contribution in [-0.4, -0.2) is 18.5 Å². The van der Waals surface area contributed by atoms with Crippen LogP contribution in [0.25, 0.3) is 5.70 Å². The average Bonchev–Trinajstić information content (AvgIpc) is 2.51. The highest BCUT2D eigenvalue weighted by molar-refractivity contribution is 5.65. The molecule has 0 aliphatic carbocycles. The number of aryl methyl sites for hydroxylation is 1. The molecule has 0 amide bonds. The van der Waals surface area contributed by atoms with Gasteiger partial charge in [0, 0.05) is 19.3 Å². The van der Waals surface area contributed by atoms with Crippen LogP contribution in [-0.2, 0) is 0 Å². The molecular weight excluding hydrogens is 158 g/mol. The maximum Gasteiger partial charge on any atom is 0.0397 e. The van der Waals surface area contributed by atoms with Crippen molar-refractivity contribution < 1.29 is 0 Å². The molecule has 0 bridgehead atoms. The van der Waals surface area contributed by atoms with E-state index in [4.69, 9.17) is 0 Å². The first kappa shape index (κ1) is 8.36. The SMILES string of the molecule is Cc1cccc(C2=CCCN2C)c1. The van der Waals surface area contributed by atoms with E-state index in [0.29, 0.717) is 0 Å². The minimum absolute atomic E-state index is 1.16. The van der Waals surface area contributed by atoms with Crippen LogP contribution >= 0.6 is 0 Å². The minimum atomic E-state index is 1.16. The molecule has 0 spiro atoms. The Kier molecular flexibility index (Phi) is 2.09. The van der Waals surface area contributed by atoms with Crippen molar-refractivity contribution in [3.63, 3.8) is 0 Å². The molecule has 1 aromatic carbocycles. The number of benzene rings is 1. The van der Waals surface area contributed by atoms with Crippen LogP contribution in [0, 0.1) is 6.92 Å². The predicted octanol–water partition coefficient (Wildman–Crippen LogP) is 2.67. The Morgan fingerprint density at radius 1 is 1.31 bits per heavy atom. The third-order valence-electron chi connectivity index (χ3n) is 2.53. The van der Waals surface area contributed by atoms with Crippen molar-refractivity contribution in [1.82, 2.24) is 4.90 Å². The van der Waals surface area contributed by atoms with Crippen molar-refractivity contribution in [2.24, 2.45) is 0 Å². The van der Waals surface area contributed by atoms with E-state index in [1.807, 2.05) is 0 Å². The Balaban J connectivity index is 2.35. The lowest BCUT2D eigenvalue weighted by atomic mass is 10.1. The van der Waals surface area contributed by atoms with Gasteiger partial charge in [0.1, 0.15) is 0 Å². The van der Waals surface area contributed by atoms with Gasteiger partial charge in [-0.15, -0.1) is 0 Å². The first-order valence-corrected chi connectivity index (χ1v) is 4.76. The molecule has 0 aromatic heterocycles. The molecule has 0 fully saturated rings. The van der Waals surface area contributed by atoms with E-state index >= 15 is 0 Å². The number of hydrogen-bond donors (Lipinski definition) is 0. The second-order valence-corrected chi connectivity index (χ2v) is 3.67. The fraction of sp³-hybridized carbons (Fsp3) is 0.333. The van der Waals surface area contributed by atoms with Gasteiger partial charge >= 0.3 is 0 Å². The van der Waals surface area contributed by atoms with Gasteiger partial charge in [0.05, 0.1) is 0 Å². The molecule has 0 radical (unpaired) electrons. The third kappa shape index (κ3) is 1.59. The molecule has 68 valence electrons. The first-order valence-electron chi connectivity index (χ1n) is 4.76. The van der Waals surface area contributed by atoms with Gasteiger partial charge in [-0.2, -0.15) is 0 Å². The summed E-state index contributed by atoms with van der Waals surface area (Å²) in [5.41, 5.74) is 4.06. The lowest BCUT2D eigenvalue weighted by Gasteiger charge is -2.16. The minimum Gasteiger partial charge on any atom is -0.374 e. The maximum atomic E-state index is 2.31. The highest BCUT2D eigenvalue weighted by Gasteiger charge is 2.11. The summed E-state index contributed by atoms with van der Waals surface area (Å²) < 4.78 is 0. The maximum absolute atomic E-state index is 2.31. The molecule has 0 saturated carbocycles. The van der Waals surface area contributed by atoms with Crippen LogP contribution in [0.2, 0.25) is 0 Å². The lowest BCUT2D eigenvalue weighted by Crippen LogP contribution is -2.11. The molecule has 1 nitrogen and oxygen atoms in total. The summed E-state index contributed by atoms with van der Waals surface area (Å²) in [6.45, 7) is 3.29. The second-order valence-electron chi connectivity index (χ2n) is 3.67. The van der Waals surface area contributed by atoms with Gasteiger partial charge in [0.25, 0.3) is 0 Å². The molecule has 0 N–H and O–H groups in total. The summed E-state index contributed by atoms with van der Waals surface area (Å²) in [6, 6.07) is 8.69. The van der Waals surface area contributed by atoms with Gasteiger partial charge in [0.15, 0.2) is 0 Å². The fourth-order valence-electron chi connectivity index (χ4n) is 1.81. The van der Waals surface area contributed by atoms with E-state index in [1.54, 1.807) is 0 Å². The Bertz CT molecular complexity index is 339.